The van der Waals surface area contributed by atoms with E-state index in [9.17, 15) is 8.42 Å². The lowest BCUT2D eigenvalue weighted by Crippen LogP contribution is -2.01. The molecule has 0 aromatic heterocycles. The number of rotatable bonds is 11. The molecule has 0 saturated heterocycles. The summed E-state index contributed by atoms with van der Waals surface area (Å²) < 4.78 is 27.2. The molecular formula is C21H30Br2O2S. The molecule has 2 nitrogen and oxygen atoms in total. The van der Waals surface area contributed by atoms with E-state index in [0.29, 0.717) is 15.1 Å². The van der Waals surface area contributed by atoms with Crippen molar-refractivity contribution < 1.29 is 8.42 Å². The Balaban J connectivity index is 2.06. The van der Waals surface area contributed by atoms with Crippen molar-refractivity contribution >= 4 is 41.7 Å². The van der Waals surface area contributed by atoms with Crippen LogP contribution in [-0.4, -0.2) is 8.42 Å². The summed E-state index contributed by atoms with van der Waals surface area (Å²) in [6.07, 6.45) is 16.0. The molecule has 0 spiro atoms. The zero-order valence-electron chi connectivity index (χ0n) is 15.9. The maximum atomic E-state index is 12.8. The Morgan fingerprint density at radius 1 is 0.846 bits per heavy atom. The number of sulfone groups is 1. The van der Waals surface area contributed by atoms with Gasteiger partial charge < -0.3 is 0 Å². The second-order valence-electron chi connectivity index (χ2n) is 7.21. The summed E-state index contributed by atoms with van der Waals surface area (Å²) in [5.41, 5.74) is 3.13. The van der Waals surface area contributed by atoms with Crippen LogP contribution in [0.4, 0.5) is 0 Å². The highest BCUT2D eigenvalue weighted by atomic mass is 79.9. The van der Waals surface area contributed by atoms with Crippen molar-refractivity contribution in [2.45, 2.75) is 84.5 Å². The molecule has 2 aliphatic rings. The largest absolute Gasteiger partial charge is 0.218 e. The number of hydrogen-bond donors (Lipinski definition) is 0. The summed E-state index contributed by atoms with van der Waals surface area (Å²) in [4.78, 5) is 0.496. The Morgan fingerprint density at radius 3 is 2.00 bits per heavy atom. The quantitative estimate of drug-likeness (QED) is 0.268. The molecular weight excluding hydrogens is 476 g/mol. The van der Waals surface area contributed by atoms with Crippen LogP contribution < -0.4 is 0 Å². The SMILES string of the molecule is CCCCCCC1=C(Br)CC(C2=CC(CCCCCC)=C(Br)S2(=O)=O)=C1. The van der Waals surface area contributed by atoms with Gasteiger partial charge in [-0.2, -0.15) is 0 Å². The van der Waals surface area contributed by atoms with E-state index in [1.807, 2.05) is 6.08 Å². The molecule has 0 amide bonds. The molecule has 0 N–H and O–H groups in total. The summed E-state index contributed by atoms with van der Waals surface area (Å²) >= 11 is 7.03. The van der Waals surface area contributed by atoms with Gasteiger partial charge in [-0.1, -0.05) is 74.4 Å². The Labute approximate surface area is 176 Å². The lowest BCUT2D eigenvalue weighted by molar-refractivity contribution is 0.610. The summed E-state index contributed by atoms with van der Waals surface area (Å²) in [5.74, 6) is 0. The molecule has 1 aliphatic carbocycles. The van der Waals surface area contributed by atoms with Crippen LogP contribution >= 0.6 is 31.9 Å². The molecule has 0 atom stereocenters. The summed E-state index contributed by atoms with van der Waals surface area (Å²) in [5, 5.41) is 0. The number of unbranched alkanes of at least 4 members (excludes halogenated alkanes) is 6. The highest BCUT2D eigenvalue weighted by Crippen LogP contribution is 2.44. The highest BCUT2D eigenvalue weighted by molar-refractivity contribution is 9.13. The van der Waals surface area contributed by atoms with E-state index in [-0.39, 0.29) is 0 Å². The Kier molecular flexibility index (Phi) is 8.89. The molecule has 0 radical (unpaired) electrons. The van der Waals surface area contributed by atoms with Gasteiger partial charge in [0.2, 0.25) is 9.84 Å². The number of halogens is 2. The molecule has 0 saturated carbocycles. The van der Waals surface area contributed by atoms with Crippen LogP contribution in [0.5, 0.6) is 0 Å². The number of hydrogen-bond acceptors (Lipinski definition) is 2. The minimum absolute atomic E-state index is 0.380. The first-order valence-electron chi connectivity index (χ1n) is 9.85. The van der Waals surface area contributed by atoms with Crippen LogP contribution in [-0.2, 0) is 9.84 Å². The minimum Gasteiger partial charge on any atom is -0.218 e. The third kappa shape index (κ3) is 5.45. The van der Waals surface area contributed by atoms with Gasteiger partial charge in [0.05, 0.1) is 4.91 Å². The Bertz CT molecular complexity index is 740. The van der Waals surface area contributed by atoms with Gasteiger partial charge in [-0.05, 0) is 64.4 Å². The molecule has 0 fully saturated rings. The maximum absolute atomic E-state index is 12.8. The predicted octanol–water partition coefficient (Wildman–Crippen LogP) is 7.83. The van der Waals surface area contributed by atoms with E-state index in [4.69, 9.17) is 0 Å². The summed E-state index contributed by atoms with van der Waals surface area (Å²) in [6.45, 7) is 4.40. The van der Waals surface area contributed by atoms with Crippen LogP contribution in [0.1, 0.15) is 84.5 Å². The first-order valence-corrected chi connectivity index (χ1v) is 12.9. The van der Waals surface area contributed by atoms with E-state index in [0.717, 1.165) is 41.3 Å². The molecule has 1 aliphatic heterocycles. The normalized spacial score (nSPS) is 19.4. The predicted molar refractivity (Wildman–Crippen MR) is 119 cm³/mol. The second kappa shape index (κ2) is 10.4. The van der Waals surface area contributed by atoms with Crippen molar-refractivity contribution in [1.82, 2.24) is 0 Å². The smallest absolute Gasteiger partial charge is 0.213 e. The van der Waals surface area contributed by atoms with Crippen molar-refractivity contribution in [2.24, 2.45) is 0 Å². The molecule has 2 rings (SSSR count). The van der Waals surface area contributed by atoms with Gasteiger partial charge in [-0.3, -0.25) is 0 Å². The lowest BCUT2D eigenvalue weighted by Gasteiger charge is -2.04. The van der Waals surface area contributed by atoms with E-state index in [2.05, 4.69) is 51.8 Å². The van der Waals surface area contributed by atoms with Crippen LogP contribution in [0.3, 0.4) is 0 Å². The van der Waals surface area contributed by atoms with Gasteiger partial charge in [0.15, 0.2) is 0 Å². The molecule has 5 heteroatoms. The van der Waals surface area contributed by atoms with Crippen LogP contribution in [0.15, 0.2) is 42.1 Å². The standard InChI is InChI=1S/C21H30Br2O2S/c1-3-5-7-9-11-16-13-18(14-19(16)22)20-15-17(12-10-8-6-4-2)21(23)26(20,24)25/h13,15H,3-12,14H2,1-2H3. The topological polar surface area (TPSA) is 34.1 Å². The van der Waals surface area contributed by atoms with E-state index in [1.165, 1.54) is 44.1 Å². The zero-order chi connectivity index (χ0) is 19.2. The average molecular weight is 506 g/mol. The van der Waals surface area contributed by atoms with Crippen molar-refractivity contribution in [3.63, 3.8) is 0 Å². The number of allylic oxidation sites excluding steroid dienone is 6. The fourth-order valence-corrected chi connectivity index (χ4v) is 6.39. The van der Waals surface area contributed by atoms with Gasteiger partial charge in [-0.15, -0.1) is 0 Å². The van der Waals surface area contributed by atoms with Crippen molar-refractivity contribution in [3.05, 3.63) is 42.1 Å². The first kappa shape index (κ1) is 22.2. The average Bonchev–Trinajstić information content (AvgIpc) is 3.07. The van der Waals surface area contributed by atoms with Crippen LogP contribution in [0.2, 0.25) is 0 Å². The van der Waals surface area contributed by atoms with Crippen molar-refractivity contribution in [1.29, 1.82) is 0 Å². The van der Waals surface area contributed by atoms with Crippen molar-refractivity contribution in [3.8, 4) is 0 Å². The van der Waals surface area contributed by atoms with Crippen LogP contribution in [0.25, 0.3) is 0 Å². The van der Waals surface area contributed by atoms with E-state index >= 15 is 0 Å². The van der Waals surface area contributed by atoms with Gasteiger partial charge >= 0.3 is 0 Å². The van der Waals surface area contributed by atoms with Gasteiger partial charge in [0.25, 0.3) is 0 Å². The maximum Gasteiger partial charge on any atom is 0.213 e. The third-order valence-electron chi connectivity index (χ3n) is 5.04. The molecule has 0 aromatic rings. The molecule has 0 aromatic carbocycles. The van der Waals surface area contributed by atoms with Crippen molar-refractivity contribution in [2.75, 3.05) is 0 Å². The third-order valence-corrected chi connectivity index (χ3v) is 9.31. The monoisotopic (exact) mass is 504 g/mol. The van der Waals surface area contributed by atoms with E-state index < -0.39 is 9.84 Å². The Hall–Kier alpha value is -0.130. The molecule has 26 heavy (non-hydrogen) atoms. The van der Waals surface area contributed by atoms with E-state index in [1.54, 1.807) is 0 Å². The fraction of sp³-hybridized carbons (Fsp3) is 0.619. The van der Waals surface area contributed by atoms with Gasteiger partial charge in [0.1, 0.15) is 3.81 Å². The van der Waals surface area contributed by atoms with Gasteiger partial charge in [-0.25, -0.2) is 8.42 Å². The van der Waals surface area contributed by atoms with Crippen LogP contribution in [0, 0.1) is 0 Å². The molecule has 146 valence electrons. The Morgan fingerprint density at radius 2 is 1.42 bits per heavy atom. The van der Waals surface area contributed by atoms with Gasteiger partial charge in [0, 0.05) is 10.9 Å². The molecule has 0 unspecified atom stereocenters. The molecule has 0 bridgehead atoms. The minimum atomic E-state index is -3.38. The zero-order valence-corrected chi connectivity index (χ0v) is 19.9. The summed E-state index contributed by atoms with van der Waals surface area (Å²) in [7, 11) is -3.38. The fourth-order valence-electron chi connectivity index (χ4n) is 3.47. The lowest BCUT2D eigenvalue weighted by atomic mass is 10.1. The molecule has 1 heterocycles. The summed E-state index contributed by atoms with van der Waals surface area (Å²) in [6, 6.07) is 0. The second-order valence-corrected chi connectivity index (χ2v) is 11.3. The highest BCUT2D eigenvalue weighted by Gasteiger charge is 2.34. The first-order chi connectivity index (χ1) is 12.4.